The molecule has 0 bridgehead atoms. The van der Waals surface area contributed by atoms with Gasteiger partial charge in [-0.15, -0.1) is 0 Å². The molecule has 0 saturated carbocycles. The van der Waals surface area contributed by atoms with E-state index in [0.29, 0.717) is 17.4 Å². The molecule has 0 aliphatic carbocycles. The Labute approximate surface area is 350 Å². The number of carbonyl (C=O) groups is 3. The molecule has 0 heterocycles. The summed E-state index contributed by atoms with van der Waals surface area (Å²) in [6, 6.07) is 0. The Morgan fingerprint density at radius 2 is 0.947 bits per heavy atom. The van der Waals surface area contributed by atoms with Gasteiger partial charge in [0, 0.05) is 12.8 Å². The molecule has 0 aliphatic heterocycles. The highest BCUT2D eigenvalue weighted by molar-refractivity contribution is 5.70. The van der Waals surface area contributed by atoms with Gasteiger partial charge in [-0.25, -0.2) is 0 Å². The maximum absolute atomic E-state index is 12.7. The van der Waals surface area contributed by atoms with Crippen molar-refractivity contribution in [1.29, 1.82) is 0 Å². The topological polar surface area (TPSA) is 111 Å². The molecule has 0 amide bonds. The van der Waals surface area contributed by atoms with Gasteiger partial charge in [-0.05, 0) is 44.9 Å². The highest BCUT2D eigenvalue weighted by Gasteiger charge is 2.21. The number of esters is 2. The van der Waals surface area contributed by atoms with Crippen LogP contribution in [-0.4, -0.2) is 82.3 Å². The van der Waals surface area contributed by atoms with Crippen LogP contribution in [0.1, 0.15) is 206 Å². The summed E-state index contributed by atoms with van der Waals surface area (Å²) in [6.45, 7) is 4.64. The van der Waals surface area contributed by atoms with E-state index in [1.165, 1.54) is 122 Å². The number of unbranched alkanes of at least 4 members (excludes halogenated alkanes) is 24. The van der Waals surface area contributed by atoms with Crippen molar-refractivity contribution in [1.82, 2.24) is 0 Å². The average molecular weight is 808 g/mol. The number of rotatable bonds is 43. The molecule has 0 aromatic heterocycles. The molecule has 9 nitrogen and oxygen atoms in total. The second kappa shape index (κ2) is 40.5. The maximum Gasteiger partial charge on any atom is 0.306 e. The lowest BCUT2D eigenvalue weighted by molar-refractivity contribution is -0.870. The van der Waals surface area contributed by atoms with Crippen LogP contribution in [0.2, 0.25) is 0 Å². The molecule has 334 valence electrons. The van der Waals surface area contributed by atoms with Gasteiger partial charge in [0.15, 0.2) is 12.4 Å². The zero-order valence-corrected chi connectivity index (χ0v) is 37.7. The SMILES string of the molecule is CCCCCCC/C=C\C/C=C\CCCCCCCCCCCCCCCCCC(=O)OC(COC(=O)CCCCCCC)COC(OCC[N+](C)(C)C)C(=O)[O-]. The highest BCUT2D eigenvalue weighted by atomic mass is 16.7. The number of hydrogen-bond acceptors (Lipinski definition) is 8. The van der Waals surface area contributed by atoms with Crippen molar-refractivity contribution in [2.75, 3.05) is 47.5 Å². The first kappa shape index (κ1) is 54.8. The molecule has 2 unspecified atom stereocenters. The number of carbonyl (C=O) groups excluding carboxylic acids is 3. The summed E-state index contributed by atoms with van der Waals surface area (Å²) in [7, 11) is 5.90. The third-order valence-corrected chi connectivity index (χ3v) is 10.2. The molecule has 9 heteroatoms. The van der Waals surface area contributed by atoms with Gasteiger partial charge in [0.1, 0.15) is 13.2 Å². The molecular weight excluding hydrogens is 719 g/mol. The standard InChI is InChI=1S/C48H89NO8/c1-6-8-10-12-13-14-15-16-17-18-19-20-21-22-23-24-25-26-27-28-29-30-31-32-33-35-37-39-46(51)57-44(42-55-45(50)38-36-34-11-9-7-2)43-56-48(47(52)53)54-41-40-49(3,4)5/h15-16,18-19,44,48H,6-14,17,20-43H2,1-5H3/b16-15-,19-18-. The van der Waals surface area contributed by atoms with Crippen molar-refractivity contribution in [3.63, 3.8) is 0 Å². The molecule has 0 saturated heterocycles. The van der Waals surface area contributed by atoms with Crippen LogP contribution in [0.4, 0.5) is 0 Å². The zero-order chi connectivity index (χ0) is 42.1. The Kier molecular flexibility index (Phi) is 39.0. The minimum atomic E-state index is -1.61. The average Bonchev–Trinajstić information content (AvgIpc) is 3.17. The lowest BCUT2D eigenvalue weighted by atomic mass is 10.0. The number of nitrogens with zero attached hydrogens (tertiary/aromatic N) is 1. The van der Waals surface area contributed by atoms with E-state index in [-0.39, 0.29) is 38.6 Å². The normalized spacial score (nSPS) is 13.1. The van der Waals surface area contributed by atoms with Gasteiger partial charge in [-0.3, -0.25) is 9.59 Å². The molecule has 0 aliphatic rings. The van der Waals surface area contributed by atoms with Crippen LogP contribution >= 0.6 is 0 Å². The van der Waals surface area contributed by atoms with Crippen LogP contribution in [0, 0.1) is 0 Å². The second-order valence-corrected chi connectivity index (χ2v) is 17.1. The number of allylic oxidation sites excluding steroid dienone is 4. The fraction of sp³-hybridized carbons (Fsp3) is 0.854. The minimum Gasteiger partial charge on any atom is -0.545 e. The van der Waals surface area contributed by atoms with Crippen molar-refractivity contribution < 1.29 is 42.9 Å². The fourth-order valence-corrected chi connectivity index (χ4v) is 6.51. The van der Waals surface area contributed by atoms with E-state index >= 15 is 0 Å². The van der Waals surface area contributed by atoms with Crippen molar-refractivity contribution in [2.24, 2.45) is 0 Å². The molecule has 0 aromatic rings. The Morgan fingerprint density at radius 1 is 0.526 bits per heavy atom. The Morgan fingerprint density at radius 3 is 1.39 bits per heavy atom. The zero-order valence-electron chi connectivity index (χ0n) is 37.7. The van der Waals surface area contributed by atoms with Gasteiger partial charge in [-0.2, -0.15) is 0 Å². The first-order valence-electron chi connectivity index (χ1n) is 23.5. The van der Waals surface area contributed by atoms with Crippen LogP contribution in [-0.2, 0) is 33.3 Å². The van der Waals surface area contributed by atoms with Gasteiger partial charge in [-0.1, -0.05) is 173 Å². The van der Waals surface area contributed by atoms with Crippen LogP contribution < -0.4 is 5.11 Å². The van der Waals surface area contributed by atoms with E-state index in [2.05, 4.69) is 38.2 Å². The fourth-order valence-electron chi connectivity index (χ4n) is 6.51. The molecule has 0 rings (SSSR count). The van der Waals surface area contributed by atoms with E-state index in [4.69, 9.17) is 18.9 Å². The number of carboxylic acid groups (broad SMARTS) is 1. The van der Waals surface area contributed by atoms with Crippen LogP contribution in [0.15, 0.2) is 24.3 Å². The smallest absolute Gasteiger partial charge is 0.306 e. The first-order chi connectivity index (χ1) is 27.6. The van der Waals surface area contributed by atoms with Crippen molar-refractivity contribution in [3.05, 3.63) is 24.3 Å². The molecular formula is C48H89NO8. The number of hydrogen-bond donors (Lipinski definition) is 0. The lowest BCUT2D eigenvalue weighted by Gasteiger charge is -2.26. The summed E-state index contributed by atoms with van der Waals surface area (Å²) < 4.78 is 22.4. The number of carboxylic acids is 1. The first-order valence-corrected chi connectivity index (χ1v) is 23.5. The lowest BCUT2D eigenvalue weighted by Crippen LogP contribution is -2.44. The van der Waals surface area contributed by atoms with E-state index in [0.717, 1.165) is 51.4 Å². The van der Waals surface area contributed by atoms with Gasteiger partial charge < -0.3 is 33.3 Å². The maximum atomic E-state index is 12.7. The van der Waals surface area contributed by atoms with Gasteiger partial charge >= 0.3 is 11.9 Å². The summed E-state index contributed by atoms with van der Waals surface area (Å²) in [6.07, 6.45) is 41.3. The highest BCUT2D eigenvalue weighted by Crippen LogP contribution is 2.15. The largest absolute Gasteiger partial charge is 0.545 e. The van der Waals surface area contributed by atoms with Gasteiger partial charge in [0.2, 0.25) is 0 Å². The predicted molar refractivity (Wildman–Crippen MR) is 233 cm³/mol. The molecule has 0 radical (unpaired) electrons. The third kappa shape index (κ3) is 41.7. The molecule has 57 heavy (non-hydrogen) atoms. The van der Waals surface area contributed by atoms with Crippen LogP contribution in [0.25, 0.3) is 0 Å². The molecule has 0 spiro atoms. The quantitative estimate of drug-likeness (QED) is 0.0197. The van der Waals surface area contributed by atoms with Crippen LogP contribution in [0.3, 0.4) is 0 Å². The third-order valence-electron chi connectivity index (χ3n) is 10.2. The second-order valence-electron chi connectivity index (χ2n) is 17.1. The summed E-state index contributed by atoms with van der Waals surface area (Å²) in [5.74, 6) is -2.29. The van der Waals surface area contributed by atoms with E-state index < -0.39 is 24.3 Å². The molecule has 0 fully saturated rings. The Bertz CT molecular complexity index is 991. The van der Waals surface area contributed by atoms with E-state index in [1.54, 1.807) is 0 Å². The predicted octanol–water partition coefficient (Wildman–Crippen LogP) is 11.1. The summed E-state index contributed by atoms with van der Waals surface area (Å²) in [5, 5.41) is 11.6. The van der Waals surface area contributed by atoms with Crippen molar-refractivity contribution >= 4 is 17.9 Å². The molecule has 2 atom stereocenters. The van der Waals surface area contributed by atoms with E-state index in [1.807, 2.05) is 21.1 Å². The number of ether oxygens (including phenoxy) is 4. The summed E-state index contributed by atoms with van der Waals surface area (Å²) >= 11 is 0. The van der Waals surface area contributed by atoms with Crippen LogP contribution in [0.5, 0.6) is 0 Å². The summed E-state index contributed by atoms with van der Waals surface area (Å²) in [5.41, 5.74) is 0. The van der Waals surface area contributed by atoms with Gasteiger partial charge in [0.25, 0.3) is 0 Å². The molecule has 0 aromatic carbocycles. The Hall–Kier alpha value is -2.23. The Balaban J connectivity index is 4.04. The number of aliphatic carboxylic acids is 1. The minimum absolute atomic E-state index is 0.149. The van der Waals surface area contributed by atoms with Crippen molar-refractivity contribution in [3.8, 4) is 0 Å². The number of likely N-dealkylation sites (N-methyl/N-ethyl adjacent to an activating group) is 1. The summed E-state index contributed by atoms with van der Waals surface area (Å²) in [4.78, 5) is 36.6. The number of quaternary nitrogens is 1. The van der Waals surface area contributed by atoms with E-state index in [9.17, 15) is 19.5 Å². The van der Waals surface area contributed by atoms with Gasteiger partial charge in [0.05, 0.1) is 40.3 Å². The molecule has 0 N–H and O–H groups in total. The monoisotopic (exact) mass is 808 g/mol. The van der Waals surface area contributed by atoms with Crippen molar-refractivity contribution in [2.45, 2.75) is 219 Å².